The number of benzene rings is 1. The fraction of sp³-hybridized carbons (Fsp3) is 0.0455. The van der Waals surface area contributed by atoms with Crippen LogP contribution in [0, 0.1) is 12.7 Å². The van der Waals surface area contributed by atoms with Crippen molar-refractivity contribution in [1.29, 1.82) is 0 Å². The fourth-order valence-corrected chi connectivity index (χ4v) is 3.50. The molecule has 0 spiro atoms. The quantitative estimate of drug-likeness (QED) is 0.490. The Hall–Kier alpha value is -4.40. The molecular weight excluding hydrogens is 399 g/mol. The topological polar surface area (TPSA) is 94.2 Å². The molecule has 0 fully saturated rings. The van der Waals surface area contributed by atoms with Crippen molar-refractivity contribution in [3.63, 3.8) is 0 Å². The van der Waals surface area contributed by atoms with Gasteiger partial charge in [-0.15, -0.1) is 0 Å². The van der Waals surface area contributed by atoms with Crippen LogP contribution >= 0.6 is 0 Å². The molecule has 4 aromatic heterocycles. The van der Waals surface area contributed by atoms with E-state index in [1.165, 1.54) is 36.9 Å². The summed E-state index contributed by atoms with van der Waals surface area (Å²) in [5, 5.41) is 4.83. The summed E-state index contributed by atoms with van der Waals surface area (Å²) >= 11 is 0. The zero-order chi connectivity index (χ0) is 21.5. The van der Waals surface area contributed by atoms with Crippen LogP contribution in [-0.4, -0.2) is 30.2 Å². The molecule has 5 aromatic rings. The summed E-state index contributed by atoms with van der Waals surface area (Å²) in [4.78, 5) is 33.6. The van der Waals surface area contributed by atoms with Crippen LogP contribution in [0.5, 0.6) is 0 Å². The minimum absolute atomic E-state index is 0.290. The molecule has 9 heteroatoms. The van der Waals surface area contributed by atoms with Gasteiger partial charge in [-0.05, 0) is 42.8 Å². The smallest absolute Gasteiger partial charge is 0.267 e. The Kier molecular flexibility index (Phi) is 4.28. The van der Waals surface area contributed by atoms with Gasteiger partial charge in [-0.2, -0.15) is 5.10 Å². The molecule has 5 rings (SSSR count). The van der Waals surface area contributed by atoms with Crippen LogP contribution in [0.4, 0.5) is 4.39 Å². The molecule has 0 radical (unpaired) electrons. The molecule has 1 amide bonds. The van der Waals surface area contributed by atoms with Crippen LogP contribution in [0.25, 0.3) is 27.7 Å². The highest BCUT2D eigenvalue weighted by Crippen LogP contribution is 2.28. The maximum atomic E-state index is 13.3. The first-order valence-electron chi connectivity index (χ1n) is 9.40. The SMILES string of the molecule is Cc1nn2c(ncc3c(=O)n(NC(=O)c4ccncc4)ccc32)c1-c1ccc(F)cc1. The Morgan fingerprint density at radius 1 is 1.06 bits per heavy atom. The number of amides is 1. The van der Waals surface area contributed by atoms with Crippen molar-refractivity contribution in [2.75, 3.05) is 5.43 Å². The maximum Gasteiger partial charge on any atom is 0.280 e. The Bertz CT molecular complexity index is 1510. The molecule has 0 aliphatic rings. The molecule has 0 bridgehead atoms. The molecule has 152 valence electrons. The van der Waals surface area contributed by atoms with E-state index in [-0.39, 0.29) is 11.2 Å². The first-order valence-corrected chi connectivity index (χ1v) is 9.40. The lowest BCUT2D eigenvalue weighted by molar-refractivity contribution is 0.101. The van der Waals surface area contributed by atoms with E-state index >= 15 is 0 Å². The number of aryl methyl sites for hydroxylation is 1. The first-order chi connectivity index (χ1) is 15.0. The molecule has 31 heavy (non-hydrogen) atoms. The van der Waals surface area contributed by atoms with Crippen molar-refractivity contribution in [2.45, 2.75) is 6.92 Å². The number of rotatable bonds is 3. The van der Waals surface area contributed by atoms with Crippen LogP contribution in [0.1, 0.15) is 16.1 Å². The number of halogens is 1. The lowest BCUT2D eigenvalue weighted by Crippen LogP contribution is -2.33. The third kappa shape index (κ3) is 3.12. The molecule has 0 unspecified atom stereocenters. The summed E-state index contributed by atoms with van der Waals surface area (Å²) in [6, 6.07) is 10.9. The largest absolute Gasteiger partial charge is 0.280 e. The van der Waals surface area contributed by atoms with Crippen LogP contribution in [0.2, 0.25) is 0 Å². The number of aromatic nitrogens is 5. The van der Waals surface area contributed by atoms with Gasteiger partial charge in [-0.25, -0.2) is 18.6 Å². The second kappa shape index (κ2) is 7.13. The normalized spacial score (nSPS) is 11.2. The van der Waals surface area contributed by atoms with Gasteiger partial charge in [0.05, 0.1) is 16.6 Å². The highest BCUT2D eigenvalue weighted by molar-refractivity contribution is 6.00. The van der Waals surface area contributed by atoms with E-state index in [9.17, 15) is 14.0 Å². The predicted molar refractivity (Wildman–Crippen MR) is 113 cm³/mol. The molecule has 0 saturated heterocycles. The van der Waals surface area contributed by atoms with Crippen molar-refractivity contribution >= 4 is 22.5 Å². The van der Waals surface area contributed by atoms with Crippen molar-refractivity contribution in [3.05, 3.63) is 94.7 Å². The van der Waals surface area contributed by atoms with Crippen LogP contribution in [0.3, 0.4) is 0 Å². The Morgan fingerprint density at radius 2 is 1.81 bits per heavy atom. The van der Waals surface area contributed by atoms with Gasteiger partial charge in [-0.1, -0.05) is 12.1 Å². The number of carbonyl (C=O) groups is 1. The average molecular weight is 414 g/mol. The first kappa shape index (κ1) is 18.6. The van der Waals surface area contributed by atoms with Gasteiger partial charge in [0.2, 0.25) is 0 Å². The molecule has 0 atom stereocenters. The number of hydrogen-bond acceptors (Lipinski definition) is 5. The minimum Gasteiger partial charge on any atom is -0.267 e. The van der Waals surface area contributed by atoms with Crippen LogP contribution in [0.15, 0.2) is 72.0 Å². The van der Waals surface area contributed by atoms with Gasteiger partial charge in [0.15, 0.2) is 5.65 Å². The fourth-order valence-electron chi connectivity index (χ4n) is 3.50. The monoisotopic (exact) mass is 414 g/mol. The van der Waals surface area contributed by atoms with Crippen molar-refractivity contribution in [2.24, 2.45) is 0 Å². The van der Waals surface area contributed by atoms with Gasteiger partial charge < -0.3 is 0 Å². The standard InChI is InChI=1S/C22H15FN6O2/c1-13-19(14-2-4-16(23)5-3-14)20-25-12-17-18(29(20)26-13)8-11-28(22(17)31)27-21(30)15-6-9-24-10-7-15/h2-12H,1H3,(H,27,30). The maximum absolute atomic E-state index is 13.3. The van der Waals surface area contributed by atoms with E-state index in [2.05, 4.69) is 20.5 Å². The number of nitrogens with one attached hydrogen (secondary N) is 1. The molecule has 0 aliphatic heterocycles. The molecule has 4 heterocycles. The second-order valence-electron chi connectivity index (χ2n) is 6.93. The van der Waals surface area contributed by atoms with Gasteiger partial charge in [0.1, 0.15) is 5.82 Å². The van der Waals surface area contributed by atoms with Crippen molar-refractivity contribution in [1.82, 2.24) is 24.3 Å². The number of fused-ring (bicyclic) bond motifs is 3. The van der Waals surface area contributed by atoms with Gasteiger partial charge >= 0.3 is 0 Å². The number of hydrogen-bond donors (Lipinski definition) is 1. The average Bonchev–Trinajstić information content (AvgIpc) is 3.13. The lowest BCUT2D eigenvalue weighted by atomic mass is 10.1. The van der Waals surface area contributed by atoms with Crippen molar-refractivity contribution < 1.29 is 9.18 Å². The van der Waals surface area contributed by atoms with Crippen LogP contribution in [-0.2, 0) is 0 Å². The zero-order valence-electron chi connectivity index (χ0n) is 16.3. The molecular formula is C22H15FN6O2. The summed E-state index contributed by atoms with van der Waals surface area (Å²) in [5.41, 5.74) is 5.82. The van der Waals surface area contributed by atoms with E-state index in [1.54, 1.807) is 34.8 Å². The Morgan fingerprint density at radius 3 is 2.55 bits per heavy atom. The van der Waals surface area contributed by atoms with Gasteiger partial charge in [-0.3, -0.25) is 20.0 Å². The van der Waals surface area contributed by atoms with E-state index in [0.717, 1.165) is 15.8 Å². The predicted octanol–water partition coefficient (Wildman–Crippen LogP) is 2.94. The number of nitrogens with zero attached hydrogens (tertiary/aromatic N) is 5. The molecule has 1 N–H and O–H groups in total. The summed E-state index contributed by atoms with van der Waals surface area (Å²) in [6.07, 6.45) is 5.92. The Balaban J connectivity index is 1.61. The molecule has 8 nitrogen and oxygen atoms in total. The molecule has 0 aliphatic carbocycles. The zero-order valence-corrected chi connectivity index (χ0v) is 16.3. The molecule has 0 saturated carbocycles. The number of pyridine rings is 2. The number of carbonyl (C=O) groups excluding carboxylic acids is 1. The van der Waals surface area contributed by atoms with E-state index < -0.39 is 11.5 Å². The van der Waals surface area contributed by atoms with Gasteiger partial charge in [0.25, 0.3) is 11.5 Å². The van der Waals surface area contributed by atoms with Gasteiger partial charge in [0, 0.05) is 35.9 Å². The van der Waals surface area contributed by atoms with E-state index in [1.807, 2.05) is 6.92 Å². The highest BCUT2D eigenvalue weighted by atomic mass is 19.1. The summed E-state index contributed by atoms with van der Waals surface area (Å²) < 4.78 is 16.0. The Labute approximate surface area is 174 Å². The highest BCUT2D eigenvalue weighted by Gasteiger charge is 2.17. The minimum atomic E-state index is -0.439. The summed E-state index contributed by atoms with van der Waals surface area (Å²) in [6.45, 7) is 1.83. The third-order valence-corrected chi connectivity index (χ3v) is 4.98. The van der Waals surface area contributed by atoms with Crippen LogP contribution < -0.4 is 11.0 Å². The molecule has 1 aromatic carbocycles. The van der Waals surface area contributed by atoms with E-state index in [4.69, 9.17) is 0 Å². The van der Waals surface area contributed by atoms with E-state index in [0.29, 0.717) is 22.4 Å². The summed E-state index contributed by atoms with van der Waals surface area (Å²) in [7, 11) is 0. The third-order valence-electron chi connectivity index (χ3n) is 4.98. The summed E-state index contributed by atoms with van der Waals surface area (Å²) in [5.74, 6) is -0.767. The second-order valence-corrected chi connectivity index (χ2v) is 6.93. The lowest BCUT2D eigenvalue weighted by Gasteiger charge is -2.09. The van der Waals surface area contributed by atoms with Crippen molar-refractivity contribution in [3.8, 4) is 11.1 Å².